The Bertz CT molecular complexity index is 645. The number of carbonyl (C=O) groups is 4. The molecule has 1 heterocycles. The minimum Gasteiger partial charge on any atom is -0.872 e. The van der Waals surface area contributed by atoms with Crippen molar-refractivity contribution in [2.75, 3.05) is 5.32 Å². The van der Waals surface area contributed by atoms with Crippen molar-refractivity contribution in [3.05, 3.63) is 23.8 Å². The predicted octanol–water partition coefficient (Wildman–Crippen LogP) is 0.139. The molecule has 2 rings (SSSR count). The van der Waals surface area contributed by atoms with Crippen LogP contribution in [0.3, 0.4) is 0 Å². The molecule has 1 saturated heterocycles. The average molecular weight is 309 g/mol. The van der Waals surface area contributed by atoms with Crippen molar-refractivity contribution in [2.45, 2.75) is 11.7 Å². The molecule has 21 heavy (non-hydrogen) atoms. The van der Waals surface area contributed by atoms with Crippen molar-refractivity contribution < 1.29 is 29.4 Å². The quantitative estimate of drug-likeness (QED) is 0.719. The Morgan fingerprint density at radius 1 is 1.38 bits per heavy atom. The fourth-order valence-electron chi connectivity index (χ4n) is 1.71. The summed E-state index contributed by atoms with van der Waals surface area (Å²) in [5, 5.41) is 23.1. The Hall–Kier alpha value is -2.55. The van der Waals surface area contributed by atoms with E-state index in [9.17, 15) is 24.3 Å². The van der Waals surface area contributed by atoms with Gasteiger partial charge in [0.2, 0.25) is 11.8 Å². The van der Waals surface area contributed by atoms with Crippen LogP contribution in [0.15, 0.2) is 18.2 Å². The largest absolute Gasteiger partial charge is 0.872 e. The van der Waals surface area contributed by atoms with E-state index in [0.717, 1.165) is 12.1 Å². The van der Waals surface area contributed by atoms with Gasteiger partial charge in [0.25, 0.3) is 5.24 Å². The van der Waals surface area contributed by atoms with Crippen LogP contribution in [0.2, 0.25) is 0 Å². The lowest BCUT2D eigenvalue weighted by molar-refractivity contribution is -0.268. The lowest BCUT2D eigenvalue weighted by Crippen LogP contribution is -2.28. The Morgan fingerprint density at radius 3 is 2.67 bits per heavy atom. The number of rotatable bonds is 4. The van der Waals surface area contributed by atoms with E-state index in [1.54, 1.807) is 0 Å². The molecule has 3 amide bonds. The summed E-state index contributed by atoms with van der Waals surface area (Å²) in [6, 6.07) is 3.18. The zero-order valence-corrected chi connectivity index (χ0v) is 11.2. The highest BCUT2D eigenvalue weighted by Gasteiger charge is 2.33. The van der Waals surface area contributed by atoms with Gasteiger partial charge in [-0.15, -0.1) is 5.75 Å². The van der Waals surface area contributed by atoms with Crippen molar-refractivity contribution in [3.8, 4) is 5.75 Å². The lowest BCUT2D eigenvalue weighted by atomic mass is 10.1. The van der Waals surface area contributed by atoms with Crippen LogP contribution < -0.4 is 15.7 Å². The zero-order valence-electron chi connectivity index (χ0n) is 10.4. The molecule has 1 aromatic carbocycles. The highest BCUT2D eigenvalue weighted by atomic mass is 32.2. The maximum Gasteiger partial charge on any atom is 0.337 e. The average Bonchev–Trinajstić information content (AvgIpc) is 2.69. The third-order valence-electron chi connectivity index (χ3n) is 2.63. The fraction of sp³-hybridized carbons (Fsp3) is 0.167. The van der Waals surface area contributed by atoms with E-state index >= 15 is 0 Å². The first-order valence-electron chi connectivity index (χ1n) is 5.72. The number of carbonyl (C=O) groups excluding carboxylic acids is 3. The van der Waals surface area contributed by atoms with Gasteiger partial charge in [-0.25, -0.2) is 4.79 Å². The topological polar surface area (TPSA) is 136 Å². The van der Waals surface area contributed by atoms with Crippen LogP contribution in [0, 0.1) is 0 Å². The van der Waals surface area contributed by atoms with E-state index < -0.39 is 34.0 Å². The number of amides is 3. The molecule has 9 heteroatoms. The van der Waals surface area contributed by atoms with Crippen LogP contribution in [0.25, 0.3) is 0 Å². The molecular formula is C12H9N2O6S-. The minimum absolute atomic E-state index is 0.0400. The van der Waals surface area contributed by atoms with Crippen LogP contribution in [-0.4, -0.2) is 33.4 Å². The van der Waals surface area contributed by atoms with Gasteiger partial charge < -0.3 is 15.5 Å². The summed E-state index contributed by atoms with van der Waals surface area (Å²) in [6.45, 7) is 0. The maximum atomic E-state index is 11.8. The number of thioether (sulfide) groups is 1. The Labute approximate surface area is 122 Å². The van der Waals surface area contributed by atoms with Crippen molar-refractivity contribution in [2.24, 2.45) is 0 Å². The first-order valence-corrected chi connectivity index (χ1v) is 6.60. The van der Waals surface area contributed by atoms with E-state index in [0.29, 0.717) is 11.8 Å². The second-order valence-corrected chi connectivity index (χ2v) is 5.32. The summed E-state index contributed by atoms with van der Waals surface area (Å²) in [7, 11) is 0. The van der Waals surface area contributed by atoms with Gasteiger partial charge >= 0.3 is 5.97 Å². The van der Waals surface area contributed by atoms with Gasteiger partial charge in [-0.1, -0.05) is 23.9 Å². The molecule has 1 aliphatic rings. The summed E-state index contributed by atoms with van der Waals surface area (Å²) in [5.74, 6) is -3.04. The monoisotopic (exact) mass is 309 g/mol. The third-order valence-corrected chi connectivity index (χ3v) is 3.61. The molecule has 8 nitrogen and oxygen atoms in total. The number of nitrogens with one attached hydrogen (secondary N) is 2. The van der Waals surface area contributed by atoms with Crippen LogP contribution in [0.5, 0.6) is 5.75 Å². The third kappa shape index (κ3) is 3.51. The maximum absolute atomic E-state index is 11.8. The standard InChI is InChI=1S/C12H10N2O6S/c15-5-1-2-7(6(3-5)11(18)19)13-9(16)4-8-10(17)14-12(20)21-8/h1-3,8,15H,4H2,(H,13,16)(H,18,19)(H,14,17,20)/p-1/t8-/m1/s1. The Balaban J connectivity index is 2.08. The SMILES string of the molecule is O=C(C[C@H]1SC(=O)NC1=O)Nc1ccc([O-])cc1C(=O)O. The molecule has 0 unspecified atom stereocenters. The number of hydrogen-bond acceptors (Lipinski definition) is 6. The number of aromatic carboxylic acids is 1. The molecule has 0 radical (unpaired) electrons. The van der Waals surface area contributed by atoms with Gasteiger partial charge in [0.1, 0.15) is 5.25 Å². The number of imide groups is 1. The molecule has 0 bridgehead atoms. The number of anilines is 1. The first-order chi connectivity index (χ1) is 9.86. The summed E-state index contributed by atoms with van der Waals surface area (Å²) in [6.07, 6.45) is -0.277. The first kappa shape index (κ1) is 14.9. The number of carboxylic acid groups (broad SMARTS) is 1. The molecule has 1 atom stereocenters. The van der Waals surface area contributed by atoms with Crippen LogP contribution >= 0.6 is 11.8 Å². The van der Waals surface area contributed by atoms with Gasteiger partial charge in [0.15, 0.2) is 0 Å². The molecule has 0 spiro atoms. The predicted molar refractivity (Wildman–Crippen MR) is 71.0 cm³/mol. The molecule has 0 saturated carbocycles. The van der Waals surface area contributed by atoms with E-state index in [2.05, 4.69) is 5.32 Å². The molecule has 1 fully saturated rings. The molecule has 3 N–H and O–H groups in total. The van der Waals surface area contributed by atoms with E-state index in [4.69, 9.17) is 5.11 Å². The second kappa shape index (κ2) is 5.83. The van der Waals surface area contributed by atoms with Crippen LogP contribution in [0.1, 0.15) is 16.8 Å². The van der Waals surface area contributed by atoms with E-state index in [1.165, 1.54) is 6.07 Å². The van der Waals surface area contributed by atoms with Gasteiger partial charge in [0, 0.05) is 6.42 Å². The summed E-state index contributed by atoms with van der Waals surface area (Å²) in [4.78, 5) is 45.1. The minimum atomic E-state index is -1.36. The highest BCUT2D eigenvalue weighted by molar-refractivity contribution is 8.15. The number of benzene rings is 1. The van der Waals surface area contributed by atoms with Crippen molar-refractivity contribution in [3.63, 3.8) is 0 Å². The van der Waals surface area contributed by atoms with Crippen LogP contribution in [-0.2, 0) is 9.59 Å². The van der Waals surface area contributed by atoms with Gasteiger partial charge in [0.05, 0.1) is 11.3 Å². The highest BCUT2D eigenvalue weighted by Crippen LogP contribution is 2.24. The smallest absolute Gasteiger partial charge is 0.337 e. The van der Waals surface area contributed by atoms with Gasteiger partial charge in [-0.3, -0.25) is 19.7 Å². The summed E-state index contributed by atoms with van der Waals surface area (Å²) < 4.78 is 0. The Kier molecular flexibility index (Phi) is 4.13. The summed E-state index contributed by atoms with van der Waals surface area (Å²) >= 11 is 0.699. The summed E-state index contributed by atoms with van der Waals surface area (Å²) in [5.41, 5.74) is -0.378. The molecule has 0 aliphatic carbocycles. The second-order valence-electron chi connectivity index (χ2n) is 4.15. The number of carboxylic acids is 1. The number of hydrogen-bond donors (Lipinski definition) is 3. The van der Waals surface area contributed by atoms with Gasteiger partial charge in [-0.2, -0.15) is 0 Å². The van der Waals surface area contributed by atoms with Crippen LogP contribution in [0.4, 0.5) is 10.5 Å². The molecule has 110 valence electrons. The zero-order chi connectivity index (χ0) is 15.6. The van der Waals surface area contributed by atoms with Crippen molar-refractivity contribution in [1.82, 2.24) is 5.32 Å². The van der Waals surface area contributed by atoms with Gasteiger partial charge in [-0.05, 0) is 6.07 Å². The molecule has 0 aromatic heterocycles. The normalized spacial score (nSPS) is 17.4. The van der Waals surface area contributed by atoms with Crippen molar-refractivity contribution in [1.29, 1.82) is 0 Å². The van der Waals surface area contributed by atoms with E-state index in [1.807, 2.05) is 5.32 Å². The molecular weight excluding hydrogens is 300 g/mol. The molecule has 1 aliphatic heterocycles. The fourth-order valence-corrected chi connectivity index (χ4v) is 2.53. The van der Waals surface area contributed by atoms with E-state index in [-0.39, 0.29) is 17.7 Å². The van der Waals surface area contributed by atoms with Crippen molar-refractivity contribution >= 4 is 40.5 Å². The lowest BCUT2D eigenvalue weighted by Gasteiger charge is -2.13. The molecule has 1 aromatic rings. The Morgan fingerprint density at radius 2 is 2.10 bits per heavy atom.